The SMILES string of the molecule is CNC(c1ccc(F)c(F)c1)C1OCCc2ccccc21. The summed E-state index contributed by atoms with van der Waals surface area (Å²) in [6.45, 7) is 0.629. The fraction of sp³-hybridized carbons (Fsp3) is 0.294. The fourth-order valence-electron chi connectivity index (χ4n) is 2.90. The summed E-state index contributed by atoms with van der Waals surface area (Å²) in [5, 5.41) is 3.16. The van der Waals surface area contributed by atoms with Crippen LogP contribution in [0.25, 0.3) is 0 Å². The van der Waals surface area contributed by atoms with Crippen LogP contribution in [0.15, 0.2) is 42.5 Å². The number of likely N-dealkylation sites (N-methyl/N-ethyl adjacent to an activating group) is 1. The number of fused-ring (bicyclic) bond motifs is 1. The van der Waals surface area contributed by atoms with Gasteiger partial charge in [-0.15, -0.1) is 0 Å². The van der Waals surface area contributed by atoms with E-state index in [9.17, 15) is 8.78 Å². The van der Waals surface area contributed by atoms with Crippen molar-refractivity contribution in [3.63, 3.8) is 0 Å². The van der Waals surface area contributed by atoms with Crippen LogP contribution in [0.5, 0.6) is 0 Å². The molecule has 2 unspecified atom stereocenters. The molecule has 0 bridgehead atoms. The van der Waals surface area contributed by atoms with Crippen LogP contribution in [-0.4, -0.2) is 13.7 Å². The maximum absolute atomic E-state index is 13.5. The third kappa shape index (κ3) is 2.69. The molecule has 0 aromatic heterocycles. The first-order valence-corrected chi connectivity index (χ1v) is 7.02. The lowest BCUT2D eigenvalue weighted by Gasteiger charge is -2.32. The van der Waals surface area contributed by atoms with Crippen molar-refractivity contribution in [3.8, 4) is 0 Å². The fourth-order valence-corrected chi connectivity index (χ4v) is 2.90. The van der Waals surface area contributed by atoms with Gasteiger partial charge in [0.15, 0.2) is 11.6 Å². The third-order valence-corrected chi connectivity index (χ3v) is 3.95. The molecule has 21 heavy (non-hydrogen) atoms. The molecule has 0 spiro atoms. The Labute approximate surface area is 122 Å². The molecule has 2 aromatic rings. The van der Waals surface area contributed by atoms with Crippen LogP contribution in [0, 0.1) is 11.6 Å². The van der Waals surface area contributed by atoms with Crippen molar-refractivity contribution < 1.29 is 13.5 Å². The molecule has 0 saturated carbocycles. The Morgan fingerprint density at radius 1 is 1.14 bits per heavy atom. The van der Waals surface area contributed by atoms with Crippen molar-refractivity contribution in [2.45, 2.75) is 18.6 Å². The van der Waals surface area contributed by atoms with Gasteiger partial charge >= 0.3 is 0 Å². The molecular formula is C17H17F2NO. The molecule has 2 nitrogen and oxygen atoms in total. The molecule has 0 aliphatic carbocycles. The second-order valence-electron chi connectivity index (χ2n) is 5.18. The van der Waals surface area contributed by atoms with Crippen molar-refractivity contribution in [1.29, 1.82) is 0 Å². The average molecular weight is 289 g/mol. The first kappa shape index (κ1) is 14.2. The number of nitrogens with one attached hydrogen (secondary N) is 1. The minimum absolute atomic E-state index is 0.204. The largest absolute Gasteiger partial charge is 0.371 e. The number of ether oxygens (including phenoxy) is 1. The second kappa shape index (κ2) is 5.92. The molecule has 0 fully saturated rings. The van der Waals surface area contributed by atoms with E-state index in [2.05, 4.69) is 11.4 Å². The van der Waals surface area contributed by atoms with E-state index in [4.69, 9.17) is 4.74 Å². The molecule has 0 radical (unpaired) electrons. The lowest BCUT2D eigenvalue weighted by molar-refractivity contribution is 0.0165. The number of hydrogen-bond donors (Lipinski definition) is 1. The predicted molar refractivity (Wildman–Crippen MR) is 77.0 cm³/mol. The summed E-state index contributed by atoms with van der Waals surface area (Å²) in [6.07, 6.45) is 0.672. The Kier molecular flexibility index (Phi) is 3.99. The lowest BCUT2D eigenvalue weighted by atomic mass is 9.90. The van der Waals surface area contributed by atoms with Crippen LogP contribution < -0.4 is 5.32 Å². The van der Waals surface area contributed by atoms with Gasteiger partial charge in [-0.25, -0.2) is 8.78 Å². The average Bonchev–Trinajstić information content (AvgIpc) is 2.52. The van der Waals surface area contributed by atoms with Crippen molar-refractivity contribution in [2.24, 2.45) is 0 Å². The molecular weight excluding hydrogens is 272 g/mol. The highest BCUT2D eigenvalue weighted by molar-refractivity contribution is 5.34. The van der Waals surface area contributed by atoms with Gasteiger partial charge in [-0.05, 0) is 42.3 Å². The smallest absolute Gasteiger partial charge is 0.159 e. The zero-order chi connectivity index (χ0) is 14.8. The summed E-state index contributed by atoms with van der Waals surface area (Å²) >= 11 is 0. The maximum Gasteiger partial charge on any atom is 0.159 e. The monoisotopic (exact) mass is 289 g/mol. The molecule has 1 aliphatic heterocycles. The molecule has 4 heteroatoms. The van der Waals surface area contributed by atoms with E-state index in [1.54, 1.807) is 13.1 Å². The first-order chi connectivity index (χ1) is 10.2. The minimum atomic E-state index is -0.836. The van der Waals surface area contributed by atoms with Crippen LogP contribution in [0.3, 0.4) is 0 Å². The Balaban J connectivity index is 1.99. The number of halogens is 2. The van der Waals surface area contributed by atoms with E-state index in [0.29, 0.717) is 12.2 Å². The zero-order valence-electron chi connectivity index (χ0n) is 11.8. The Morgan fingerprint density at radius 2 is 1.95 bits per heavy atom. The molecule has 1 heterocycles. The van der Waals surface area contributed by atoms with E-state index < -0.39 is 11.6 Å². The maximum atomic E-state index is 13.5. The predicted octanol–water partition coefficient (Wildman–Crippen LogP) is 3.54. The molecule has 0 saturated heterocycles. The van der Waals surface area contributed by atoms with Gasteiger partial charge in [0.1, 0.15) is 6.10 Å². The lowest BCUT2D eigenvalue weighted by Crippen LogP contribution is -2.29. The quantitative estimate of drug-likeness (QED) is 0.933. The number of benzene rings is 2. The van der Waals surface area contributed by atoms with E-state index in [-0.39, 0.29) is 12.1 Å². The second-order valence-corrected chi connectivity index (χ2v) is 5.18. The first-order valence-electron chi connectivity index (χ1n) is 7.02. The highest BCUT2D eigenvalue weighted by Gasteiger charge is 2.29. The molecule has 3 rings (SSSR count). The Morgan fingerprint density at radius 3 is 2.71 bits per heavy atom. The molecule has 2 atom stereocenters. The van der Waals surface area contributed by atoms with Crippen LogP contribution in [0.1, 0.15) is 28.8 Å². The Hall–Kier alpha value is -1.78. The van der Waals surface area contributed by atoms with Gasteiger partial charge in [0.05, 0.1) is 12.6 Å². The number of rotatable bonds is 3. The summed E-state index contributed by atoms with van der Waals surface area (Å²) in [6, 6.07) is 11.9. The van der Waals surface area contributed by atoms with Gasteiger partial charge in [-0.3, -0.25) is 0 Å². The van der Waals surface area contributed by atoms with Gasteiger partial charge < -0.3 is 10.1 Å². The van der Waals surface area contributed by atoms with Crippen molar-refractivity contribution >= 4 is 0 Å². The van der Waals surface area contributed by atoms with Crippen LogP contribution in [0.2, 0.25) is 0 Å². The summed E-state index contributed by atoms with van der Waals surface area (Å²) in [7, 11) is 1.80. The molecule has 110 valence electrons. The van der Waals surface area contributed by atoms with Gasteiger partial charge in [0, 0.05) is 0 Å². The number of hydrogen-bond acceptors (Lipinski definition) is 2. The van der Waals surface area contributed by atoms with E-state index in [1.807, 2.05) is 18.2 Å². The van der Waals surface area contributed by atoms with Crippen molar-refractivity contribution in [2.75, 3.05) is 13.7 Å². The zero-order valence-corrected chi connectivity index (χ0v) is 11.8. The van der Waals surface area contributed by atoms with Gasteiger partial charge in [-0.1, -0.05) is 30.3 Å². The summed E-state index contributed by atoms with van der Waals surface area (Å²) in [5.41, 5.74) is 3.03. The highest BCUT2D eigenvalue weighted by Crippen LogP contribution is 2.37. The van der Waals surface area contributed by atoms with Crippen molar-refractivity contribution in [3.05, 3.63) is 70.8 Å². The van der Waals surface area contributed by atoms with E-state index in [1.165, 1.54) is 11.6 Å². The van der Waals surface area contributed by atoms with E-state index in [0.717, 1.165) is 18.1 Å². The normalized spacial score (nSPS) is 19.1. The summed E-state index contributed by atoms with van der Waals surface area (Å²) in [5.74, 6) is -1.67. The van der Waals surface area contributed by atoms with E-state index >= 15 is 0 Å². The summed E-state index contributed by atoms with van der Waals surface area (Å²) in [4.78, 5) is 0. The van der Waals surface area contributed by atoms with Gasteiger partial charge in [-0.2, -0.15) is 0 Å². The standard InChI is InChI=1S/C17H17F2NO/c1-20-16(12-6-7-14(18)15(19)10-12)17-13-5-3-2-4-11(13)8-9-21-17/h2-7,10,16-17,20H,8-9H2,1H3. The molecule has 1 N–H and O–H groups in total. The van der Waals surface area contributed by atoms with Crippen molar-refractivity contribution in [1.82, 2.24) is 5.32 Å². The van der Waals surface area contributed by atoms with Crippen LogP contribution in [-0.2, 0) is 11.2 Å². The van der Waals surface area contributed by atoms with Gasteiger partial charge in [0.25, 0.3) is 0 Å². The van der Waals surface area contributed by atoms with Crippen LogP contribution in [0.4, 0.5) is 8.78 Å². The summed E-state index contributed by atoms with van der Waals surface area (Å²) < 4.78 is 32.5. The van der Waals surface area contributed by atoms with Crippen LogP contribution >= 0.6 is 0 Å². The molecule has 2 aromatic carbocycles. The van der Waals surface area contributed by atoms with Gasteiger partial charge in [0.2, 0.25) is 0 Å². The topological polar surface area (TPSA) is 21.3 Å². The molecule has 1 aliphatic rings. The molecule has 0 amide bonds. The minimum Gasteiger partial charge on any atom is -0.371 e. The highest BCUT2D eigenvalue weighted by atomic mass is 19.2. The third-order valence-electron chi connectivity index (χ3n) is 3.95. The Bertz CT molecular complexity index is 644.